The number of nitrogens with one attached hydrogen (secondary N) is 1. The van der Waals surface area contributed by atoms with Gasteiger partial charge in [0.15, 0.2) is 5.82 Å². The smallest absolute Gasteiger partial charge is 0.162 e. The molecule has 1 aromatic rings. The number of amidine groups is 1. The first-order valence-corrected chi connectivity index (χ1v) is 5.43. The van der Waals surface area contributed by atoms with E-state index in [1.165, 1.54) is 0 Å². The molecule has 0 aromatic carbocycles. The molecule has 4 heteroatoms. The van der Waals surface area contributed by atoms with E-state index in [0.717, 1.165) is 22.9 Å². The molecule has 0 radical (unpaired) electrons. The van der Waals surface area contributed by atoms with Gasteiger partial charge in [0.25, 0.3) is 0 Å². The van der Waals surface area contributed by atoms with Gasteiger partial charge in [-0.15, -0.1) is 0 Å². The topological polar surface area (TPSA) is 42.2 Å². The first-order valence-electron chi connectivity index (χ1n) is 5.43. The fraction of sp³-hybridized carbons (Fsp3) is 0.500. The van der Waals surface area contributed by atoms with Crippen molar-refractivity contribution in [3.05, 3.63) is 18.6 Å². The Bertz CT molecular complexity index is 413. The minimum Gasteiger partial charge on any atom is -0.377 e. The van der Waals surface area contributed by atoms with Gasteiger partial charge in [0.05, 0.1) is 6.33 Å². The summed E-state index contributed by atoms with van der Waals surface area (Å²) in [6.45, 7) is 12.0. The van der Waals surface area contributed by atoms with Crippen LogP contribution >= 0.6 is 0 Å². The van der Waals surface area contributed by atoms with E-state index < -0.39 is 0 Å². The molecule has 0 saturated heterocycles. The Morgan fingerprint density at radius 1 is 1.50 bits per heavy atom. The van der Waals surface area contributed by atoms with E-state index in [1.54, 1.807) is 0 Å². The quantitative estimate of drug-likeness (QED) is 0.628. The normalized spacial score (nSPS) is 12.0. The van der Waals surface area contributed by atoms with Crippen LogP contribution in [0.2, 0.25) is 0 Å². The summed E-state index contributed by atoms with van der Waals surface area (Å²) >= 11 is 0. The van der Waals surface area contributed by atoms with Crippen LogP contribution in [0.15, 0.2) is 17.9 Å². The maximum atomic E-state index is 4.53. The number of hydrogen-bond acceptors (Lipinski definition) is 2. The molecule has 0 bridgehead atoms. The summed E-state index contributed by atoms with van der Waals surface area (Å²) in [7, 11) is 1.86. The van der Waals surface area contributed by atoms with Gasteiger partial charge in [-0.3, -0.25) is 0 Å². The van der Waals surface area contributed by atoms with Crippen LogP contribution in [0, 0.1) is 0 Å². The van der Waals surface area contributed by atoms with Gasteiger partial charge in [-0.2, -0.15) is 0 Å². The molecule has 0 aliphatic carbocycles. The van der Waals surface area contributed by atoms with Gasteiger partial charge in [-0.1, -0.05) is 6.58 Å². The molecule has 4 nitrogen and oxygen atoms in total. The van der Waals surface area contributed by atoms with Crippen molar-refractivity contribution in [2.24, 2.45) is 4.99 Å². The SMILES string of the molecule is C=C(C)c1ncn(C(C)C)c1/N=C(\C)NC. The number of aromatic nitrogens is 2. The van der Waals surface area contributed by atoms with Crippen molar-refractivity contribution in [2.45, 2.75) is 33.7 Å². The highest BCUT2D eigenvalue weighted by molar-refractivity contribution is 5.83. The average Bonchev–Trinajstić information content (AvgIpc) is 2.61. The van der Waals surface area contributed by atoms with Crippen molar-refractivity contribution in [1.82, 2.24) is 14.9 Å². The van der Waals surface area contributed by atoms with Crippen LogP contribution in [-0.2, 0) is 0 Å². The summed E-state index contributed by atoms with van der Waals surface area (Å²) < 4.78 is 2.05. The highest BCUT2D eigenvalue weighted by Crippen LogP contribution is 2.27. The molecule has 0 saturated carbocycles. The number of rotatable bonds is 3. The zero-order valence-corrected chi connectivity index (χ0v) is 10.7. The van der Waals surface area contributed by atoms with Crippen molar-refractivity contribution in [3.8, 4) is 0 Å². The summed E-state index contributed by atoms with van der Waals surface area (Å²) in [5.74, 6) is 1.74. The van der Waals surface area contributed by atoms with Gasteiger partial charge in [-0.25, -0.2) is 9.98 Å². The summed E-state index contributed by atoms with van der Waals surface area (Å²) in [5, 5.41) is 3.01. The molecule has 16 heavy (non-hydrogen) atoms. The predicted octanol–water partition coefficient (Wildman–Crippen LogP) is 2.77. The highest BCUT2D eigenvalue weighted by atomic mass is 15.2. The maximum Gasteiger partial charge on any atom is 0.162 e. The molecule has 1 rings (SSSR count). The van der Waals surface area contributed by atoms with Gasteiger partial charge >= 0.3 is 0 Å². The van der Waals surface area contributed by atoms with Crippen molar-refractivity contribution in [3.63, 3.8) is 0 Å². The first kappa shape index (κ1) is 12.5. The molecular formula is C12H20N4. The third-order valence-electron chi connectivity index (χ3n) is 2.36. The minimum absolute atomic E-state index is 0.337. The third-order valence-corrected chi connectivity index (χ3v) is 2.36. The van der Waals surface area contributed by atoms with Crippen LogP contribution in [0.3, 0.4) is 0 Å². The zero-order chi connectivity index (χ0) is 12.3. The van der Waals surface area contributed by atoms with Crippen LogP contribution in [0.5, 0.6) is 0 Å². The molecule has 0 atom stereocenters. The lowest BCUT2D eigenvalue weighted by Crippen LogP contribution is -2.13. The summed E-state index contributed by atoms with van der Waals surface area (Å²) in [5.41, 5.74) is 1.80. The fourth-order valence-corrected chi connectivity index (χ4v) is 1.36. The van der Waals surface area contributed by atoms with Crippen LogP contribution in [0.25, 0.3) is 5.57 Å². The Morgan fingerprint density at radius 2 is 2.12 bits per heavy atom. The molecular weight excluding hydrogens is 200 g/mol. The van der Waals surface area contributed by atoms with E-state index in [9.17, 15) is 0 Å². The van der Waals surface area contributed by atoms with Crippen LogP contribution in [0.4, 0.5) is 5.82 Å². The van der Waals surface area contributed by atoms with Crippen molar-refractivity contribution in [1.29, 1.82) is 0 Å². The van der Waals surface area contributed by atoms with Crippen molar-refractivity contribution in [2.75, 3.05) is 7.05 Å². The average molecular weight is 220 g/mol. The van der Waals surface area contributed by atoms with E-state index in [1.807, 2.05) is 31.8 Å². The molecule has 0 amide bonds. The van der Waals surface area contributed by atoms with E-state index >= 15 is 0 Å². The van der Waals surface area contributed by atoms with Crippen LogP contribution in [0.1, 0.15) is 39.4 Å². The Hall–Kier alpha value is -1.58. The first-order chi connectivity index (χ1) is 7.47. The standard InChI is InChI=1S/C12H20N4/c1-8(2)11-12(15-10(5)13-6)16(7-14-11)9(3)4/h7,9H,1H2,2-6H3,(H,13,15). The Balaban J connectivity index is 3.30. The second-order valence-corrected chi connectivity index (χ2v) is 4.15. The number of hydrogen-bond donors (Lipinski definition) is 1. The molecule has 0 aliphatic heterocycles. The summed E-state index contributed by atoms with van der Waals surface area (Å²) in [6, 6.07) is 0.337. The van der Waals surface area contributed by atoms with Crippen molar-refractivity contribution < 1.29 is 0 Å². The zero-order valence-electron chi connectivity index (χ0n) is 10.7. The Labute approximate surface area is 97.1 Å². The van der Waals surface area contributed by atoms with Crippen LogP contribution in [-0.4, -0.2) is 22.4 Å². The number of allylic oxidation sites excluding steroid dienone is 1. The molecule has 0 fully saturated rings. The van der Waals surface area contributed by atoms with Crippen molar-refractivity contribution >= 4 is 17.2 Å². The molecule has 1 N–H and O–H groups in total. The summed E-state index contributed by atoms with van der Waals surface area (Å²) in [4.78, 5) is 8.88. The van der Waals surface area contributed by atoms with Gasteiger partial charge in [0.2, 0.25) is 0 Å². The summed E-state index contributed by atoms with van der Waals surface area (Å²) in [6.07, 6.45) is 1.82. The van der Waals surface area contributed by atoms with Gasteiger partial charge in [0.1, 0.15) is 11.5 Å². The van der Waals surface area contributed by atoms with E-state index in [0.29, 0.717) is 6.04 Å². The minimum atomic E-state index is 0.337. The highest BCUT2D eigenvalue weighted by Gasteiger charge is 2.12. The largest absolute Gasteiger partial charge is 0.377 e. The number of imidazole rings is 1. The molecule has 0 unspecified atom stereocenters. The second kappa shape index (κ2) is 4.96. The lowest BCUT2D eigenvalue weighted by atomic mass is 10.2. The van der Waals surface area contributed by atoms with E-state index in [2.05, 4.69) is 35.7 Å². The monoisotopic (exact) mass is 220 g/mol. The van der Waals surface area contributed by atoms with E-state index in [4.69, 9.17) is 0 Å². The Morgan fingerprint density at radius 3 is 2.56 bits per heavy atom. The Kier molecular flexibility index (Phi) is 3.88. The van der Waals surface area contributed by atoms with Gasteiger partial charge < -0.3 is 9.88 Å². The van der Waals surface area contributed by atoms with Gasteiger partial charge in [-0.05, 0) is 33.3 Å². The molecule has 0 spiro atoms. The van der Waals surface area contributed by atoms with Crippen LogP contribution < -0.4 is 5.32 Å². The molecule has 1 heterocycles. The third kappa shape index (κ3) is 2.51. The molecule has 0 aliphatic rings. The van der Waals surface area contributed by atoms with E-state index in [-0.39, 0.29) is 0 Å². The predicted molar refractivity (Wildman–Crippen MR) is 69.1 cm³/mol. The lowest BCUT2D eigenvalue weighted by molar-refractivity contribution is 0.603. The van der Waals surface area contributed by atoms with Gasteiger partial charge in [0, 0.05) is 13.1 Å². The number of aliphatic imine (C=N–C) groups is 1. The molecule has 1 aromatic heterocycles. The lowest BCUT2D eigenvalue weighted by Gasteiger charge is -2.10. The number of nitrogens with zero attached hydrogens (tertiary/aromatic N) is 3. The second-order valence-electron chi connectivity index (χ2n) is 4.15. The molecule has 88 valence electrons. The fourth-order valence-electron chi connectivity index (χ4n) is 1.36. The maximum absolute atomic E-state index is 4.53.